The normalized spacial score (nSPS) is 25.4. The van der Waals surface area contributed by atoms with Crippen molar-refractivity contribution in [1.82, 2.24) is 9.88 Å². The highest BCUT2D eigenvalue weighted by Gasteiger charge is 2.57. The van der Waals surface area contributed by atoms with Gasteiger partial charge in [0.05, 0.1) is 23.2 Å². The lowest BCUT2D eigenvalue weighted by atomic mass is 9.65. The summed E-state index contributed by atoms with van der Waals surface area (Å²) in [6, 6.07) is 3.86. The van der Waals surface area contributed by atoms with Crippen LogP contribution >= 0.6 is 0 Å². The van der Waals surface area contributed by atoms with Gasteiger partial charge >= 0.3 is 5.97 Å². The number of hydrogen-bond acceptors (Lipinski definition) is 6. The van der Waals surface area contributed by atoms with Gasteiger partial charge in [0, 0.05) is 24.3 Å². The molecule has 0 aromatic carbocycles. The van der Waals surface area contributed by atoms with Crippen LogP contribution in [0, 0.1) is 16.7 Å². The van der Waals surface area contributed by atoms with E-state index in [-0.39, 0.29) is 29.4 Å². The average molecular weight is 524 g/mol. The highest BCUT2D eigenvalue weighted by atomic mass is 16.6. The molecule has 6 heteroatoms. The molecule has 2 aliphatic heterocycles. The smallest absolute Gasteiger partial charge is 0.336 e. The van der Waals surface area contributed by atoms with E-state index in [0.29, 0.717) is 0 Å². The van der Waals surface area contributed by atoms with Crippen molar-refractivity contribution in [1.29, 1.82) is 0 Å². The Hall–Kier alpha value is -2.31. The molecule has 1 fully saturated rings. The molecule has 3 rings (SSSR count). The summed E-state index contributed by atoms with van der Waals surface area (Å²) in [4.78, 5) is 26.0. The van der Waals surface area contributed by atoms with Crippen LogP contribution in [0.1, 0.15) is 87.6 Å². The van der Waals surface area contributed by atoms with Crippen molar-refractivity contribution in [3.05, 3.63) is 48.4 Å². The van der Waals surface area contributed by atoms with Gasteiger partial charge in [0.2, 0.25) is 0 Å². The molecule has 38 heavy (non-hydrogen) atoms. The molecule has 0 aliphatic carbocycles. The molecular weight excluding hydrogens is 474 g/mol. The number of aliphatic imine (C=N–C) groups is 1. The fourth-order valence-corrected chi connectivity index (χ4v) is 5.43. The molecule has 2 aliphatic rings. The maximum atomic E-state index is 14.0. The van der Waals surface area contributed by atoms with Crippen molar-refractivity contribution >= 4 is 17.3 Å². The molecule has 0 saturated carbocycles. The number of esters is 1. The number of allylic oxidation sites excluding steroid dienone is 1. The summed E-state index contributed by atoms with van der Waals surface area (Å²) in [5, 5.41) is 0. The lowest BCUT2D eigenvalue weighted by molar-refractivity contribution is -0.180. The van der Waals surface area contributed by atoms with Crippen molar-refractivity contribution in [3.8, 4) is 0 Å². The minimum Gasteiger partial charge on any atom is -0.461 e. The monoisotopic (exact) mass is 523 g/mol. The van der Waals surface area contributed by atoms with Gasteiger partial charge in [-0.2, -0.15) is 0 Å². The number of aromatic nitrogens is 1. The lowest BCUT2D eigenvalue weighted by Crippen LogP contribution is -2.63. The molecule has 1 saturated heterocycles. The predicted molar refractivity (Wildman–Crippen MR) is 156 cm³/mol. The highest BCUT2D eigenvalue weighted by Crippen LogP contribution is 2.48. The quantitative estimate of drug-likeness (QED) is 0.279. The van der Waals surface area contributed by atoms with Crippen LogP contribution in [0.3, 0.4) is 0 Å². The summed E-state index contributed by atoms with van der Waals surface area (Å²) in [6.45, 7) is 22.6. The Morgan fingerprint density at radius 1 is 1.16 bits per heavy atom. The largest absolute Gasteiger partial charge is 0.461 e. The molecule has 210 valence electrons. The third-order valence-corrected chi connectivity index (χ3v) is 7.51. The van der Waals surface area contributed by atoms with Crippen molar-refractivity contribution in [2.75, 3.05) is 13.1 Å². The van der Waals surface area contributed by atoms with Gasteiger partial charge in [0.15, 0.2) is 6.10 Å². The summed E-state index contributed by atoms with van der Waals surface area (Å²) in [5.74, 6) is -0.0718. The van der Waals surface area contributed by atoms with E-state index < -0.39 is 17.1 Å². The van der Waals surface area contributed by atoms with E-state index in [9.17, 15) is 4.79 Å². The van der Waals surface area contributed by atoms with Crippen LogP contribution in [-0.2, 0) is 14.3 Å². The van der Waals surface area contributed by atoms with Gasteiger partial charge in [-0.1, -0.05) is 45.9 Å². The van der Waals surface area contributed by atoms with Crippen molar-refractivity contribution in [3.63, 3.8) is 0 Å². The first-order valence-electron chi connectivity index (χ1n) is 14.1. The number of pyridine rings is 1. The second kappa shape index (κ2) is 11.8. The number of carbonyl (C=O) groups is 1. The summed E-state index contributed by atoms with van der Waals surface area (Å²) in [7, 11) is 0. The van der Waals surface area contributed by atoms with Crippen molar-refractivity contribution in [2.45, 2.75) is 106 Å². The van der Waals surface area contributed by atoms with E-state index in [4.69, 9.17) is 14.5 Å². The number of likely N-dealkylation sites (tertiary alicyclic amines) is 1. The van der Waals surface area contributed by atoms with Crippen LogP contribution in [0.5, 0.6) is 0 Å². The number of hydrogen-bond donors (Lipinski definition) is 0. The minimum absolute atomic E-state index is 0.178. The van der Waals surface area contributed by atoms with Gasteiger partial charge in [0.25, 0.3) is 0 Å². The lowest BCUT2D eigenvalue weighted by Gasteiger charge is -2.53. The number of carbonyl (C=O) groups excluding carboxylic acids is 1. The molecule has 6 nitrogen and oxygen atoms in total. The third-order valence-electron chi connectivity index (χ3n) is 7.51. The fraction of sp³-hybridized carbons (Fsp3) is 0.656. The molecule has 0 amide bonds. The first-order chi connectivity index (χ1) is 17.7. The number of rotatable bonds is 8. The van der Waals surface area contributed by atoms with Crippen LogP contribution in [-0.4, -0.2) is 58.5 Å². The highest BCUT2D eigenvalue weighted by molar-refractivity contribution is 6.01. The number of piperidine rings is 1. The predicted octanol–water partition coefficient (Wildman–Crippen LogP) is 6.72. The van der Waals surface area contributed by atoms with Gasteiger partial charge in [-0.3, -0.25) is 14.9 Å². The van der Waals surface area contributed by atoms with Crippen molar-refractivity contribution in [2.24, 2.45) is 21.7 Å². The molecule has 0 N–H and O–H groups in total. The summed E-state index contributed by atoms with van der Waals surface area (Å²) < 4.78 is 12.6. The van der Waals surface area contributed by atoms with E-state index in [0.717, 1.165) is 42.8 Å². The van der Waals surface area contributed by atoms with Gasteiger partial charge in [-0.15, -0.1) is 0 Å². The van der Waals surface area contributed by atoms with Crippen LogP contribution in [0.4, 0.5) is 0 Å². The summed E-state index contributed by atoms with van der Waals surface area (Å²) >= 11 is 0. The Kier molecular flexibility index (Phi) is 9.41. The van der Waals surface area contributed by atoms with Crippen LogP contribution in [0.2, 0.25) is 0 Å². The Bertz CT molecular complexity index is 1040. The molecule has 1 aromatic rings. The van der Waals surface area contributed by atoms with Crippen LogP contribution < -0.4 is 0 Å². The maximum Gasteiger partial charge on any atom is 0.336 e. The molecule has 0 spiro atoms. The minimum atomic E-state index is -0.885. The Morgan fingerprint density at radius 3 is 2.34 bits per heavy atom. The first-order valence-corrected chi connectivity index (χ1v) is 14.1. The second-order valence-electron chi connectivity index (χ2n) is 13.3. The van der Waals surface area contributed by atoms with Crippen LogP contribution in [0.25, 0.3) is 5.57 Å². The topological polar surface area (TPSA) is 64.0 Å². The van der Waals surface area contributed by atoms with Gasteiger partial charge in [0.1, 0.15) is 0 Å². The zero-order valence-corrected chi connectivity index (χ0v) is 25.2. The Morgan fingerprint density at radius 2 is 1.82 bits per heavy atom. The summed E-state index contributed by atoms with van der Waals surface area (Å²) in [6.07, 6.45) is 11.0. The van der Waals surface area contributed by atoms with E-state index >= 15 is 0 Å². The zero-order chi connectivity index (χ0) is 28.3. The first kappa shape index (κ1) is 30.2. The van der Waals surface area contributed by atoms with Crippen LogP contribution in [0.15, 0.2) is 47.9 Å². The molecule has 1 aromatic heterocycles. The molecule has 0 radical (unpaired) electrons. The Labute approximate surface area is 230 Å². The van der Waals surface area contributed by atoms with Gasteiger partial charge < -0.3 is 9.47 Å². The molecule has 0 bridgehead atoms. The molecular formula is C32H49N3O3. The fourth-order valence-electron chi connectivity index (χ4n) is 5.43. The Balaban J connectivity index is 2.32. The van der Waals surface area contributed by atoms with E-state index in [1.54, 1.807) is 6.20 Å². The van der Waals surface area contributed by atoms with Crippen molar-refractivity contribution < 1.29 is 14.3 Å². The number of nitrogens with zero attached hydrogens (tertiary/aromatic N) is 3. The molecule has 3 atom stereocenters. The number of ether oxygens (including phenoxy) is 2. The van der Waals surface area contributed by atoms with Gasteiger partial charge in [-0.05, 0) is 96.0 Å². The molecule has 3 heterocycles. The second-order valence-corrected chi connectivity index (χ2v) is 13.3. The third kappa shape index (κ3) is 7.01. The SMILES string of the molecule is CC1=NC=C(c2cccnc2)C(N2CCC(C)(C)CC2)C1(C=CC(C)C)C(OC(C)(C)C)C(=O)OC(C)C. The van der Waals surface area contributed by atoms with Gasteiger partial charge in [-0.25, -0.2) is 4.79 Å². The average Bonchev–Trinajstić information content (AvgIpc) is 2.81. The van der Waals surface area contributed by atoms with E-state index in [2.05, 4.69) is 55.8 Å². The standard InChI is InChI=1S/C32H49N3O3/c1-22(2)13-14-32(28(38-30(6,7)8)29(36)37-23(3)4)24(5)34-21-26(25-12-11-17-33-20-25)27(32)35-18-15-31(9,10)16-19-35/h11-14,17,20-23,27-28H,15-16,18-19H2,1-10H3. The van der Waals surface area contributed by atoms with E-state index in [1.807, 2.05) is 60.0 Å². The molecule has 3 unspecified atom stereocenters. The maximum absolute atomic E-state index is 14.0. The zero-order valence-electron chi connectivity index (χ0n) is 25.2. The van der Waals surface area contributed by atoms with E-state index in [1.165, 1.54) is 0 Å². The summed E-state index contributed by atoms with van der Waals surface area (Å²) in [5.41, 5.74) is 1.74.